The van der Waals surface area contributed by atoms with E-state index in [1.54, 1.807) is 25.3 Å². The molecule has 0 fully saturated rings. The highest BCUT2D eigenvalue weighted by Gasteiger charge is 2.11. The van der Waals surface area contributed by atoms with Crippen molar-refractivity contribution in [3.63, 3.8) is 0 Å². The van der Waals surface area contributed by atoms with Crippen LogP contribution in [0.4, 0.5) is 10.2 Å². The Bertz CT molecular complexity index is 992. The Morgan fingerprint density at radius 1 is 1.07 bits per heavy atom. The maximum absolute atomic E-state index is 13.6. The number of nitrogens with one attached hydrogen (secondary N) is 2. The van der Waals surface area contributed by atoms with Gasteiger partial charge in [0.15, 0.2) is 5.82 Å². The van der Waals surface area contributed by atoms with Crippen LogP contribution in [0.5, 0.6) is 0 Å². The molecule has 3 rings (SSSR count). The van der Waals surface area contributed by atoms with Gasteiger partial charge in [-0.3, -0.25) is 9.78 Å². The Morgan fingerprint density at radius 2 is 1.89 bits per heavy atom. The number of benzene rings is 1. The van der Waals surface area contributed by atoms with E-state index in [2.05, 4.69) is 25.6 Å². The molecule has 6 nitrogen and oxygen atoms in total. The molecule has 7 heteroatoms. The van der Waals surface area contributed by atoms with Crippen LogP contribution in [0.2, 0.25) is 0 Å². The normalized spacial score (nSPS) is 10.6. The van der Waals surface area contributed by atoms with E-state index in [1.165, 1.54) is 6.07 Å². The number of hydrogen-bond acceptors (Lipinski definition) is 5. The Morgan fingerprint density at radius 3 is 2.61 bits per heavy atom. The summed E-state index contributed by atoms with van der Waals surface area (Å²) >= 11 is 0. The molecule has 0 aliphatic rings. The maximum atomic E-state index is 13.6. The van der Waals surface area contributed by atoms with Gasteiger partial charge >= 0.3 is 0 Å². The lowest BCUT2D eigenvalue weighted by atomic mass is 10.1. The molecule has 3 aromatic rings. The van der Waals surface area contributed by atoms with Crippen molar-refractivity contribution in [2.75, 3.05) is 18.4 Å². The minimum atomic E-state index is -0.389. The average Bonchev–Trinajstić information content (AvgIpc) is 2.70. The molecule has 2 heterocycles. The first-order valence-corrected chi connectivity index (χ1v) is 9.00. The fourth-order valence-corrected chi connectivity index (χ4v) is 2.60. The van der Waals surface area contributed by atoms with Crippen molar-refractivity contribution in [2.24, 2.45) is 0 Å². The van der Waals surface area contributed by atoms with Crippen molar-refractivity contribution in [3.8, 4) is 11.5 Å². The molecule has 1 aromatic carbocycles. The number of aryl methyl sites for hydroxylation is 2. The number of aromatic nitrogens is 3. The lowest BCUT2D eigenvalue weighted by Gasteiger charge is -2.12. The van der Waals surface area contributed by atoms with Gasteiger partial charge in [-0.15, -0.1) is 0 Å². The second-order valence-electron chi connectivity index (χ2n) is 6.47. The van der Waals surface area contributed by atoms with Crippen LogP contribution in [0.1, 0.15) is 27.2 Å². The fraction of sp³-hybridized carbons (Fsp3) is 0.238. The van der Waals surface area contributed by atoms with E-state index in [9.17, 15) is 9.18 Å². The van der Waals surface area contributed by atoms with Gasteiger partial charge in [-0.2, -0.15) is 0 Å². The van der Waals surface area contributed by atoms with Crippen molar-refractivity contribution < 1.29 is 9.18 Å². The van der Waals surface area contributed by atoms with Crippen LogP contribution in [0.3, 0.4) is 0 Å². The SMILES string of the molecule is Cc1ccc(C(=O)NCCNc2nc(-c3ccccn3)nc(C)c2C)cc1F. The zero-order valence-electron chi connectivity index (χ0n) is 16.1. The van der Waals surface area contributed by atoms with E-state index in [0.717, 1.165) is 11.3 Å². The first-order valence-electron chi connectivity index (χ1n) is 9.00. The maximum Gasteiger partial charge on any atom is 0.251 e. The molecular formula is C21H22FN5O. The van der Waals surface area contributed by atoms with Crippen molar-refractivity contribution in [1.82, 2.24) is 20.3 Å². The van der Waals surface area contributed by atoms with Crippen LogP contribution >= 0.6 is 0 Å². The average molecular weight is 379 g/mol. The standard InChI is InChI=1S/C21H22FN5O/c1-13-7-8-16(12-17(13)22)21(28)25-11-10-24-19-14(2)15(3)26-20(27-19)18-6-4-5-9-23-18/h4-9,12H,10-11H2,1-3H3,(H,25,28)(H,24,26,27). The van der Waals surface area contributed by atoms with Crippen LogP contribution in [0.15, 0.2) is 42.6 Å². The third-order valence-corrected chi connectivity index (χ3v) is 4.42. The molecule has 0 saturated heterocycles. The molecule has 2 N–H and O–H groups in total. The highest BCUT2D eigenvalue weighted by molar-refractivity contribution is 5.94. The molecule has 28 heavy (non-hydrogen) atoms. The zero-order chi connectivity index (χ0) is 20.1. The van der Waals surface area contributed by atoms with Crippen molar-refractivity contribution >= 4 is 11.7 Å². The smallest absolute Gasteiger partial charge is 0.251 e. The number of anilines is 1. The minimum absolute atomic E-state index is 0.301. The topological polar surface area (TPSA) is 79.8 Å². The van der Waals surface area contributed by atoms with Gasteiger partial charge in [0, 0.05) is 36.1 Å². The van der Waals surface area contributed by atoms with E-state index in [-0.39, 0.29) is 11.7 Å². The van der Waals surface area contributed by atoms with Gasteiger partial charge < -0.3 is 10.6 Å². The predicted molar refractivity (Wildman–Crippen MR) is 107 cm³/mol. The van der Waals surface area contributed by atoms with E-state index in [1.807, 2.05) is 32.0 Å². The van der Waals surface area contributed by atoms with Crippen LogP contribution in [0.25, 0.3) is 11.5 Å². The molecule has 1 amide bonds. The minimum Gasteiger partial charge on any atom is -0.368 e. The van der Waals surface area contributed by atoms with Gasteiger partial charge in [0.2, 0.25) is 0 Å². The summed E-state index contributed by atoms with van der Waals surface area (Å²) in [5.74, 6) is 0.541. The van der Waals surface area contributed by atoms with Gasteiger partial charge in [-0.25, -0.2) is 14.4 Å². The molecule has 0 saturated carbocycles. The van der Waals surface area contributed by atoms with Gasteiger partial charge in [0.25, 0.3) is 5.91 Å². The van der Waals surface area contributed by atoms with Crippen molar-refractivity contribution in [3.05, 3.63) is 70.8 Å². The molecule has 0 aliphatic heterocycles. The van der Waals surface area contributed by atoms with Crippen molar-refractivity contribution in [2.45, 2.75) is 20.8 Å². The van der Waals surface area contributed by atoms with E-state index in [4.69, 9.17) is 0 Å². The zero-order valence-corrected chi connectivity index (χ0v) is 16.1. The number of halogens is 1. The largest absolute Gasteiger partial charge is 0.368 e. The summed E-state index contributed by atoms with van der Waals surface area (Å²) in [5.41, 5.74) is 3.30. The van der Waals surface area contributed by atoms with Gasteiger partial charge in [-0.05, 0) is 50.6 Å². The molecule has 0 atom stereocenters. The third-order valence-electron chi connectivity index (χ3n) is 4.42. The van der Waals surface area contributed by atoms with E-state index in [0.29, 0.717) is 41.6 Å². The lowest BCUT2D eigenvalue weighted by Crippen LogP contribution is -2.29. The van der Waals surface area contributed by atoms with Gasteiger partial charge in [0.05, 0.1) is 0 Å². The molecule has 2 aromatic heterocycles. The summed E-state index contributed by atoms with van der Waals surface area (Å²) in [5, 5.41) is 6.00. The number of pyridine rings is 1. The summed E-state index contributed by atoms with van der Waals surface area (Å²) in [4.78, 5) is 25.5. The third kappa shape index (κ3) is 4.49. The molecule has 0 bridgehead atoms. The summed E-state index contributed by atoms with van der Waals surface area (Å²) in [6, 6.07) is 10.0. The second kappa shape index (κ2) is 8.56. The van der Waals surface area contributed by atoms with Crippen molar-refractivity contribution in [1.29, 1.82) is 0 Å². The Kier molecular flexibility index (Phi) is 5.93. The lowest BCUT2D eigenvalue weighted by molar-refractivity contribution is 0.0954. The molecule has 0 spiro atoms. The summed E-state index contributed by atoms with van der Waals surface area (Å²) in [7, 11) is 0. The Labute approximate surface area is 163 Å². The van der Waals surface area contributed by atoms with Crippen LogP contribution < -0.4 is 10.6 Å². The van der Waals surface area contributed by atoms with E-state index < -0.39 is 0 Å². The molecule has 0 aliphatic carbocycles. The first kappa shape index (κ1) is 19.4. The summed E-state index contributed by atoms with van der Waals surface area (Å²) in [6.07, 6.45) is 1.70. The molecular weight excluding hydrogens is 357 g/mol. The highest BCUT2D eigenvalue weighted by Crippen LogP contribution is 2.19. The fourth-order valence-electron chi connectivity index (χ4n) is 2.60. The number of amides is 1. The van der Waals surface area contributed by atoms with Crippen LogP contribution in [-0.2, 0) is 0 Å². The number of nitrogens with zero attached hydrogens (tertiary/aromatic N) is 3. The van der Waals surface area contributed by atoms with Crippen LogP contribution in [-0.4, -0.2) is 33.9 Å². The summed E-state index contributed by atoms with van der Waals surface area (Å²) in [6.45, 7) is 6.36. The number of hydrogen-bond donors (Lipinski definition) is 2. The Hall–Kier alpha value is -3.35. The van der Waals surface area contributed by atoms with E-state index >= 15 is 0 Å². The van der Waals surface area contributed by atoms with Crippen LogP contribution in [0, 0.1) is 26.6 Å². The summed E-state index contributed by atoms with van der Waals surface area (Å²) < 4.78 is 13.6. The number of carbonyl (C=O) groups excluding carboxylic acids is 1. The van der Waals surface area contributed by atoms with Gasteiger partial charge in [0.1, 0.15) is 17.3 Å². The van der Waals surface area contributed by atoms with Gasteiger partial charge in [-0.1, -0.05) is 12.1 Å². The monoisotopic (exact) mass is 379 g/mol. The second-order valence-corrected chi connectivity index (χ2v) is 6.47. The highest BCUT2D eigenvalue weighted by atomic mass is 19.1. The number of rotatable bonds is 6. The predicted octanol–water partition coefficient (Wildman–Crippen LogP) is 3.44. The Balaban J connectivity index is 1.62. The number of carbonyl (C=O) groups is 1. The quantitative estimate of drug-likeness (QED) is 0.642. The molecule has 0 radical (unpaired) electrons. The molecule has 0 unspecified atom stereocenters. The first-order chi connectivity index (χ1) is 13.5. The molecule has 144 valence electrons.